The van der Waals surface area contributed by atoms with E-state index in [-0.39, 0.29) is 5.91 Å². The number of methoxy groups -OCH3 is 1. The van der Waals surface area contributed by atoms with Crippen molar-refractivity contribution in [1.29, 1.82) is 0 Å². The van der Waals surface area contributed by atoms with Crippen LogP contribution < -0.4 is 10.1 Å². The molecule has 4 nitrogen and oxygen atoms in total. The van der Waals surface area contributed by atoms with Gasteiger partial charge in [0.15, 0.2) is 0 Å². The molecule has 4 heteroatoms. The van der Waals surface area contributed by atoms with Gasteiger partial charge in [-0.1, -0.05) is 30.3 Å². The molecule has 0 spiro atoms. The Labute approximate surface area is 129 Å². The molecule has 0 aliphatic heterocycles. The first-order valence-corrected chi connectivity index (χ1v) is 7.26. The summed E-state index contributed by atoms with van der Waals surface area (Å²) < 4.78 is 5.23. The third-order valence-electron chi connectivity index (χ3n) is 3.68. The zero-order valence-electron chi connectivity index (χ0n) is 12.4. The Morgan fingerprint density at radius 1 is 1.14 bits per heavy atom. The van der Waals surface area contributed by atoms with Crippen LogP contribution in [0.15, 0.2) is 54.7 Å². The summed E-state index contributed by atoms with van der Waals surface area (Å²) in [5.41, 5.74) is 2.96. The lowest BCUT2D eigenvalue weighted by molar-refractivity contribution is -0.116. The number of fused-ring (bicyclic) bond motifs is 1. The van der Waals surface area contributed by atoms with Crippen LogP contribution in [0.2, 0.25) is 0 Å². The third-order valence-corrected chi connectivity index (χ3v) is 3.68. The molecule has 0 atom stereocenters. The second kappa shape index (κ2) is 6.35. The average Bonchev–Trinajstić information content (AvgIpc) is 2.97. The first-order valence-electron chi connectivity index (χ1n) is 7.26. The number of benzene rings is 2. The molecule has 1 heterocycles. The maximum atomic E-state index is 12.1. The molecule has 1 amide bonds. The molecule has 0 aliphatic rings. The molecule has 0 unspecified atom stereocenters. The number of rotatable bonds is 5. The number of carbonyl (C=O) groups is 1. The summed E-state index contributed by atoms with van der Waals surface area (Å²) in [5.74, 6) is 0.651. The molecular weight excluding hydrogens is 276 g/mol. The van der Waals surface area contributed by atoms with Crippen LogP contribution in [-0.2, 0) is 11.2 Å². The van der Waals surface area contributed by atoms with Crippen LogP contribution in [0.3, 0.4) is 0 Å². The highest BCUT2D eigenvalue weighted by atomic mass is 16.5. The van der Waals surface area contributed by atoms with E-state index in [0.29, 0.717) is 24.3 Å². The van der Waals surface area contributed by atoms with Crippen molar-refractivity contribution >= 4 is 22.5 Å². The number of aromatic amines is 1. The molecule has 1 aromatic heterocycles. The van der Waals surface area contributed by atoms with E-state index in [4.69, 9.17) is 4.74 Å². The second-order valence-electron chi connectivity index (χ2n) is 5.11. The molecule has 3 rings (SSSR count). The topological polar surface area (TPSA) is 54.1 Å². The summed E-state index contributed by atoms with van der Waals surface area (Å²) in [6, 6.07) is 15.5. The van der Waals surface area contributed by atoms with E-state index in [1.165, 1.54) is 5.39 Å². The summed E-state index contributed by atoms with van der Waals surface area (Å²) in [4.78, 5) is 15.4. The van der Waals surface area contributed by atoms with Crippen molar-refractivity contribution < 1.29 is 9.53 Å². The predicted octanol–water partition coefficient (Wildman–Crippen LogP) is 3.75. The lowest BCUT2D eigenvalue weighted by Crippen LogP contribution is -2.12. The van der Waals surface area contributed by atoms with Gasteiger partial charge in [-0.2, -0.15) is 0 Å². The molecule has 22 heavy (non-hydrogen) atoms. The standard InChI is InChI=1S/C18H18N2O2/c1-22-17-9-5-4-8-16(17)20-18(21)11-10-13-12-19-15-7-3-2-6-14(13)15/h2-9,12,19H,10-11H2,1H3,(H,20,21). The fourth-order valence-corrected chi connectivity index (χ4v) is 2.55. The predicted molar refractivity (Wildman–Crippen MR) is 88.2 cm³/mol. The molecule has 0 radical (unpaired) electrons. The number of aromatic nitrogens is 1. The van der Waals surface area contributed by atoms with E-state index in [1.54, 1.807) is 7.11 Å². The van der Waals surface area contributed by atoms with E-state index in [9.17, 15) is 4.79 Å². The maximum Gasteiger partial charge on any atom is 0.224 e. The molecule has 0 aliphatic carbocycles. The average molecular weight is 294 g/mol. The maximum absolute atomic E-state index is 12.1. The van der Waals surface area contributed by atoms with Crippen molar-refractivity contribution in [3.05, 3.63) is 60.3 Å². The summed E-state index contributed by atoms with van der Waals surface area (Å²) in [5, 5.41) is 4.07. The van der Waals surface area contributed by atoms with Gasteiger partial charge in [-0.25, -0.2) is 0 Å². The first-order chi connectivity index (χ1) is 10.8. The van der Waals surface area contributed by atoms with Crippen molar-refractivity contribution in [3.63, 3.8) is 0 Å². The van der Waals surface area contributed by atoms with E-state index >= 15 is 0 Å². The fraction of sp³-hybridized carbons (Fsp3) is 0.167. The monoisotopic (exact) mass is 294 g/mol. The zero-order valence-corrected chi connectivity index (χ0v) is 12.4. The molecule has 2 aromatic carbocycles. The quantitative estimate of drug-likeness (QED) is 0.753. The SMILES string of the molecule is COc1ccccc1NC(=O)CCc1c[nH]c2ccccc12. The van der Waals surface area contributed by atoms with Gasteiger partial charge in [0.2, 0.25) is 5.91 Å². The van der Waals surface area contributed by atoms with Crippen molar-refractivity contribution in [2.45, 2.75) is 12.8 Å². The number of H-pyrrole nitrogens is 1. The molecule has 3 aromatic rings. The third kappa shape index (κ3) is 2.96. The molecule has 112 valence electrons. The lowest BCUT2D eigenvalue weighted by atomic mass is 10.1. The van der Waals surface area contributed by atoms with Gasteiger partial charge >= 0.3 is 0 Å². The lowest BCUT2D eigenvalue weighted by Gasteiger charge is -2.09. The number of para-hydroxylation sites is 3. The van der Waals surface area contributed by atoms with Gasteiger partial charge in [-0.05, 0) is 30.2 Å². The molecule has 0 saturated carbocycles. The number of hydrogen-bond donors (Lipinski definition) is 2. The van der Waals surface area contributed by atoms with Crippen molar-refractivity contribution in [2.24, 2.45) is 0 Å². The Hall–Kier alpha value is -2.75. The normalized spacial score (nSPS) is 10.6. The number of aryl methyl sites for hydroxylation is 1. The first kappa shape index (κ1) is 14.2. The molecular formula is C18H18N2O2. The number of nitrogens with one attached hydrogen (secondary N) is 2. The highest BCUT2D eigenvalue weighted by Gasteiger charge is 2.09. The highest BCUT2D eigenvalue weighted by Crippen LogP contribution is 2.24. The van der Waals surface area contributed by atoms with Gasteiger partial charge in [-0.15, -0.1) is 0 Å². The number of amides is 1. The van der Waals surface area contributed by atoms with Crippen LogP contribution in [0.1, 0.15) is 12.0 Å². The Morgan fingerprint density at radius 3 is 2.77 bits per heavy atom. The van der Waals surface area contributed by atoms with E-state index < -0.39 is 0 Å². The second-order valence-corrected chi connectivity index (χ2v) is 5.11. The van der Waals surface area contributed by atoms with E-state index in [2.05, 4.69) is 16.4 Å². The van der Waals surface area contributed by atoms with Gasteiger partial charge in [-0.3, -0.25) is 4.79 Å². The summed E-state index contributed by atoms with van der Waals surface area (Å²) in [6.45, 7) is 0. The van der Waals surface area contributed by atoms with Crippen LogP contribution in [0, 0.1) is 0 Å². The van der Waals surface area contributed by atoms with Gasteiger partial charge in [0.25, 0.3) is 0 Å². The van der Waals surface area contributed by atoms with Gasteiger partial charge in [0.05, 0.1) is 12.8 Å². The minimum absolute atomic E-state index is 0.0187. The minimum atomic E-state index is -0.0187. The van der Waals surface area contributed by atoms with E-state index in [0.717, 1.165) is 11.1 Å². The number of hydrogen-bond acceptors (Lipinski definition) is 2. The van der Waals surface area contributed by atoms with Gasteiger partial charge in [0.1, 0.15) is 5.75 Å². The van der Waals surface area contributed by atoms with Gasteiger partial charge < -0.3 is 15.0 Å². The minimum Gasteiger partial charge on any atom is -0.495 e. The van der Waals surface area contributed by atoms with Crippen molar-refractivity contribution in [2.75, 3.05) is 12.4 Å². The van der Waals surface area contributed by atoms with Crippen LogP contribution in [0.25, 0.3) is 10.9 Å². The zero-order chi connectivity index (χ0) is 15.4. The Bertz CT molecular complexity index is 792. The van der Waals surface area contributed by atoms with Crippen LogP contribution >= 0.6 is 0 Å². The summed E-state index contributed by atoms with van der Waals surface area (Å²) in [6.07, 6.45) is 3.10. The number of anilines is 1. The summed E-state index contributed by atoms with van der Waals surface area (Å²) >= 11 is 0. The Kier molecular flexibility index (Phi) is 4.10. The van der Waals surface area contributed by atoms with Crippen molar-refractivity contribution in [3.8, 4) is 5.75 Å². The van der Waals surface area contributed by atoms with E-state index in [1.807, 2.05) is 48.7 Å². The summed E-state index contributed by atoms with van der Waals surface area (Å²) in [7, 11) is 1.59. The van der Waals surface area contributed by atoms with Crippen LogP contribution in [0.5, 0.6) is 5.75 Å². The fourth-order valence-electron chi connectivity index (χ4n) is 2.55. The van der Waals surface area contributed by atoms with Crippen molar-refractivity contribution in [1.82, 2.24) is 4.98 Å². The molecule has 2 N–H and O–H groups in total. The Balaban J connectivity index is 1.65. The molecule has 0 saturated heterocycles. The van der Waals surface area contributed by atoms with Gasteiger partial charge in [0, 0.05) is 23.5 Å². The number of ether oxygens (including phenoxy) is 1. The number of carbonyl (C=O) groups excluding carboxylic acids is 1. The molecule has 0 fully saturated rings. The highest BCUT2D eigenvalue weighted by molar-refractivity contribution is 5.93. The Morgan fingerprint density at radius 2 is 1.91 bits per heavy atom. The van der Waals surface area contributed by atoms with Crippen LogP contribution in [0.4, 0.5) is 5.69 Å². The largest absolute Gasteiger partial charge is 0.495 e. The molecule has 0 bridgehead atoms. The van der Waals surface area contributed by atoms with Crippen LogP contribution in [-0.4, -0.2) is 18.0 Å². The smallest absolute Gasteiger partial charge is 0.224 e.